The van der Waals surface area contributed by atoms with Crippen molar-refractivity contribution in [1.29, 1.82) is 0 Å². The van der Waals surface area contributed by atoms with Crippen LogP contribution in [0, 0.1) is 11.6 Å². The monoisotopic (exact) mass is 537 g/mol. The Morgan fingerprint density at radius 1 is 1.08 bits per heavy atom. The Morgan fingerprint density at radius 3 is 2.76 bits per heavy atom. The van der Waals surface area contributed by atoms with Gasteiger partial charge in [-0.25, -0.2) is 28.5 Å². The second-order valence-corrected chi connectivity index (χ2v) is 10.3. The summed E-state index contributed by atoms with van der Waals surface area (Å²) in [4.78, 5) is 51.0. The quantitative estimate of drug-likeness (QED) is 0.396. The van der Waals surface area contributed by atoms with Crippen LogP contribution in [-0.2, 0) is 9.59 Å². The molecule has 10 nitrogen and oxygen atoms in total. The van der Waals surface area contributed by atoms with Crippen LogP contribution in [-0.4, -0.2) is 49.7 Å². The number of benzene rings is 1. The van der Waals surface area contributed by atoms with E-state index in [-0.39, 0.29) is 36.1 Å². The number of hydrogen-bond donors (Lipinski definition) is 2. The highest BCUT2D eigenvalue weighted by atomic mass is 32.1. The molecule has 2 fully saturated rings. The molecule has 3 aromatic heterocycles. The zero-order chi connectivity index (χ0) is 26.4. The van der Waals surface area contributed by atoms with Crippen molar-refractivity contribution in [2.45, 2.75) is 37.8 Å². The highest BCUT2D eigenvalue weighted by Crippen LogP contribution is 2.38. The third-order valence-electron chi connectivity index (χ3n) is 6.71. The lowest BCUT2D eigenvalue weighted by molar-refractivity contribution is -0.117. The first-order valence-electron chi connectivity index (χ1n) is 12.0. The van der Waals surface area contributed by atoms with E-state index >= 15 is 0 Å². The van der Waals surface area contributed by atoms with E-state index in [4.69, 9.17) is 0 Å². The largest absolute Gasteiger partial charge is 0.341 e. The van der Waals surface area contributed by atoms with Gasteiger partial charge in [0.1, 0.15) is 34.6 Å². The first kappa shape index (κ1) is 24.1. The molecule has 38 heavy (non-hydrogen) atoms. The Bertz CT molecular complexity index is 1590. The number of carbonyl (C=O) groups excluding carboxylic acids is 3. The maximum absolute atomic E-state index is 14.6. The van der Waals surface area contributed by atoms with Crippen LogP contribution in [0.5, 0.6) is 0 Å². The molecule has 2 N–H and O–H groups in total. The molecule has 1 aliphatic heterocycles. The highest BCUT2D eigenvalue weighted by Gasteiger charge is 2.36. The van der Waals surface area contributed by atoms with Crippen molar-refractivity contribution < 1.29 is 23.2 Å². The van der Waals surface area contributed by atoms with Crippen LogP contribution in [0.2, 0.25) is 0 Å². The zero-order valence-corrected chi connectivity index (χ0v) is 20.7. The van der Waals surface area contributed by atoms with Crippen molar-refractivity contribution in [2.24, 2.45) is 0 Å². The maximum atomic E-state index is 14.6. The van der Waals surface area contributed by atoms with Crippen molar-refractivity contribution >= 4 is 50.8 Å². The van der Waals surface area contributed by atoms with Gasteiger partial charge in [-0.3, -0.25) is 19.5 Å². The fraction of sp³-hybridized carbons (Fsp3) is 0.280. The van der Waals surface area contributed by atoms with Crippen molar-refractivity contribution in [3.8, 4) is 5.13 Å². The molecule has 1 saturated carbocycles. The zero-order valence-electron chi connectivity index (χ0n) is 19.9. The molecule has 0 radical (unpaired) electrons. The highest BCUT2D eigenvalue weighted by molar-refractivity contribution is 7.18. The lowest BCUT2D eigenvalue weighted by Gasteiger charge is -2.26. The summed E-state index contributed by atoms with van der Waals surface area (Å²) in [5.74, 6) is -0.722. The van der Waals surface area contributed by atoms with Gasteiger partial charge >= 0.3 is 6.03 Å². The smallest absolute Gasteiger partial charge is 0.320 e. The Kier molecular flexibility index (Phi) is 6.06. The minimum absolute atomic E-state index is 0.00490. The topological polar surface area (TPSA) is 122 Å². The van der Waals surface area contributed by atoms with E-state index in [0.717, 1.165) is 18.2 Å². The second kappa shape index (κ2) is 9.56. The van der Waals surface area contributed by atoms with Gasteiger partial charge in [0.2, 0.25) is 0 Å². The molecule has 2 unspecified atom stereocenters. The number of aromatic nitrogens is 4. The SMILES string of the molecule is O=C1CCC(NC(=O)Nc2cnc(-n3ccc4c(N5CC(=O)CC5c5cc(F)ccc5F)ncnc43)s2)C1. The summed E-state index contributed by atoms with van der Waals surface area (Å²) in [7, 11) is 0. The van der Waals surface area contributed by atoms with Gasteiger partial charge in [0.05, 0.1) is 24.2 Å². The van der Waals surface area contributed by atoms with Crippen LogP contribution in [0.4, 0.5) is 24.4 Å². The molecule has 0 spiro atoms. The fourth-order valence-corrected chi connectivity index (χ4v) is 5.78. The van der Waals surface area contributed by atoms with Gasteiger partial charge in [0.15, 0.2) is 16.6 Å². The van der Waals surface area contributed by atoms with E-state index in [1.54, 1.807) is 21.7 Å². The van der Waals surface area contributed by atoms with Crippen LogP contribution < -0.4 is 15.5 Å². The summed E-state index contributed by atoms with van der Waals surface area (Å²) in [5, 5.41) is 7.18. The molecule has 2 amide bonds. The van der Waals surface area contributed by atoms with E-state index in [9.17, 15) is 23.2 Å². The van der Waals surface area contributed by atoms with Gasteiger partial charge in [-0.2, -0.15) is 0 Å². The molecule has 4 aromatic rings. The first-order chi connectivity index (χ1) is 18.4. The number of rotatable bonds is 5. The number of Topliss-reactive ketones (excluding diaryl/α,β-unsaturated/α-hetero) is 2. The number of nitrogens with zero attached hydrogens (tertiary/aromatic N) is 5. The van der Waals surface area contributed by atoms with Crippen molar-refractivity contribution in [1.82, 2.24) is 24.8 Å². The fourth-order valence-electron chi connectivity index (χ4n) is 4.99. The maximum Gasteiger partial charge on any atom is 0.320 e. The number of fused-ring (bicyclic) bond motifs is 1. The van der Waals surface area contributed by atoms with Gasteiger partial charge in [-0.05, 0) is 30.7 Å². The van der Waals surface area contributed by atoms with Crippen molar-refractivity contribution in [2.75, 3.05) is 16.8 Å². The number of halogens is 2. The van der Waals surface area contributed by atoms with Gasteiger partial charge < -0.3 is 10.2 Å². The van der Waals surface area contributed by atoms with E-state index in [2.05, 4.69) is 25.6 Å². The van der Waals surface area contributed by atoms with E-state index in [1.165, 1.54) is 23.9 Å². The summed E-state index contributed by atoms with van der Waals surface area (Å²) < 4.78 is 30.2. The molecule has 194 valence electrons. The van der Waals surface area contributed by atoms with Crippen LogP contribution in [0.3, 0.4) is 0 Å². The summed E-state index contributed by atoms with van der Waals surface area (Å²) in [6.45, 7) is 0.00490. The van der Waals surface area contributed by atoms with Crippen molar-refractivity contribution in [3.05, 3.63) is 60.2 Å². The van der Waals surface area contributed by atoms with Crippen LogP contribution >= 0.6 is 11.3 Å². The second-order valence-electron chi connectivity index (χ2n) is 9.26. The third-order valence-corrected chi connectivity index (χ3v) is 7.62. The molecule has 2 atom stereocenters. The summed E-state index contributed by atoms with van der Waals surface area (Å²) in [6, 6.07) is 3.70. The average molecular weight is 538 g/mol. The van der Waals surface area contributed by atoms with Crippen LogP contribution in [0.1, 0.15) is 37.3 Å². The Morgan fingerprint density at radius 2 is 1.95 bits per heavy atom. The number of carbonyl (C=O) groups is 3. The lowest BCUT2D eigenvalue weighted by atomic mass is 10.0. The predicted octanol–water partition coefficient (Wildman–Crippen LogP) is 3.92. The number of thiazole rings is 1. The molecule has 4 heterocycles. The Labute approximate surface area is 218 Å². The number of nitrogens with one attached hydrogen (secondary N) is 2. The lowest BCUT2D eigenvalue weighted by Crippen LogP contribution is -2.36. The van der Waals surface area contributed by atoms with Crippen molar-refractivity contribution in [3.63, 3.8) is 0 Å². The van der Waals surface area contributed by atoms with Crippen LogP contribution in [0.15, 0.2) is 43.0 Å². The summed E-state index contributed by atoms with van der Waals surface area (Å²) in [5.41, 5.74) is 0.598. The average Bonchev–Trinajstić information content (AvgIpc) is 3.67. The molecule has 13 heteroatoms. The normalized spacial score (nSPS) is 19.5. The Balaban J connectivity index is 1.27. The number of urea groups is 1. The number of amides is 2. The Hall–Kier alpha value is -4.26. The van der Waals surface area contributed by atoms with Gasteiger partial charge in [0, 0.05) is 37.1 Å². The van der Waals surface area contributed by atoms with E-state index in [1.807, 2.05) is 0 Å². The molecular formula is C25H21F2N7O3S. The summed E-state index contributed by atoms with van der Waals surface area (Å²) >= 11 is 1.23. The van der Waals surface area contributed by atoms with Gasteiger partial charge in [0.25, 0.3) is 0 Å². The molecule has 6 rings (SSSR count). The molecule has 0 bridgehead atoms. The van der Waals surface area contributed by atoms with Crippen LogP contribution in [0.25, 0.3) is 16.2 Å². The molecule has 1 aliphatic carbocycles. The third kappa shape index (κ3) is 4.49. The standard InChI is InChI=1S/C25H21F2N7O3S/c26-13-1-4-19(27)18(7-13)20-9-16(36)11-34(20)23-17-5-6-33(22(17)29-12-30-23)25-28-10-21(38-25)32-24(37)31-14-2-3-15(35)8-14/h1,4-7,10,12,14,20H,2-3,8-9,11H2,(H2,31,32,37). The first-order valence-corrected chi connectivity index (χ1v) is 12.8. The molecular weight excluding hydrogens is 516 g/mol. The van der Waals surface area contributed by atoms with Gasteiger partial charge in [-0.1, -0.05) is 11.3 Å². The summed E-state index contributed by atoms with van der Waals surface area (Å²) in [6.07, 6.45) is 6.09. The van der Waals surface area contributed by atoms with E-state index in [0.29, 0.717) is 46.2 Å². The minimum Gasteiger partial charge on any atom is -0.341 e. The van der Waals surface area contributed by atoms with Gasteiger partial charge in [-0.15, -0.1) is 0 Å². The number of ketones is 2. The number of hydrogen-bond acceptors (Lipinski definition) is 8. The molecule has 1 aromatic carbocycles. The minimum atomic E-state index is -0.705. The predicted molar refractivity (Wildman–Crippen MR) is 135 cm³/mol. The number of anilines is 2. The molecule has 1 saturated heterocycles. The van der Waals surface area contributed by atoms with E-state index < -0.39 is 23.7 Å². The molecule has 2 aliphatic rings.